The molecule has 0 saturated carbocycles. The number of H-pyrrole nitrogens is 1. The molecule has 1 saturated heterocycles. The lowest BCUT2D eigenvalue weighted by Crippen LogP contribution is -2.35. The van der Waals surface area contributed by atoms with E-state index in [0.29, 0.717) is 6.42 Å². The predicted octanol–water partition coefficient (Wildman–Crippen LogP) is 5.30. The minimum absolute atomic E-state index is 0.147. The zero-order chi connectivity index (χ0) is 17.4. The minimum atomic E-state index is 0.147. The first-order chi connectivity index (χ1) is 12.2. The van der Waals surface area contributed by atoms with E-state index in [1.165, 1.54) is 16.5 Å². The summed E-state index contributed by atoms with van der Waals surface area (Å²) in [5.41, 5.74) is 4.74. The van der Waals surface area contributed by atoms with Gasteiger partial charge in [0.25, 0.3) is 0 Å². The summed E-state index contributed by atoms with van der Waals surface area (Å²) in [6, 6.07) is 19.3. The Hall–Kier alpha value is -2.55. The molecule has 1 aromatic heterocycles. The highest BCUT2D eigenvalue weighted by atomic mass is 16.2. The number of nitrogens with zero attached hydrogens (tertiary/aromatic N) is 1. The average molecular weight is 332 g/mol. The Bertz CT molecular complexity index is 897. The van der Waals surface area contributed by atoms with Gasteiger partial charge >= 0.3 is 0 Å². The number of fused-ring (bicyclic) bond motifs is 1. The molecule has 128 valence electrons. The van der Waals surface area contributed by atoms with Crippen molar-refractivity contribution in [3.63, 3.8) is 0 Å². The van der Waals surface area contributed by atoms with Crippen molar-refractivity contribution in [2.75, 3.05) is 0 Å². The summed E-state index contributed by atoms with van der Waals surface area (Å²) in [4.78, 5) is 18.3. The smallest absolute Gasteiger partial charge is 0.223 e. The van der Waals surface area contributed by atoms with Crippen molar-refractivity contribution in [1.82, 2.24) is 9.88 Å². The first-order valence-electron chi connectivity index (χ1n) is 9.18. The Labute approximate surface area is 148 Å². The fraction of sp³-hybridized carbons (Fsp3) is 0.318. The van der Waals surface area contributed by atoms with E-state index in [9.17, 15) is 4.79 Å². The van der Waals surface area contributed by atoms with Gasteiger partial charge in [-0.3, -0.25) is 4.79 Å². The monoisotopic (exact) mass is 332 g/mol. The van der Waals surface area contributed by atoms with Gasteiger partial charge in [0, 0.05) is 28.9 Å². The molecule has 2 heterocycles. The number of rotatable bonds is 4. The summed E-state index contributed by atoms with van der Waals surface area (Å²) >= 11 is 0. The largest absolute Gasteiger partial charge is 0.354 e. The van der Waals surface area contributed by atoms with Crippen LogP contribution in [-0.2, 0) is 4.79 Å². The van der Waals surface area contributed by atoms with Crippen LogP contribution in [0.25, 0.3) is 22.2 Å². The third kappa shape index (κ3) is 2.64. The third-order valence-electron chi connectivity index (χ3n) is 5.46. The van der Waals surface area contributed by atoms with Gasteiger partial charge in [-0.1, -0.05) is 55.5 Å². The molecule has 1 aliphatic rings. The molecule has 25 heavy (non-hydrogen) atoms. The molecule has 2 aromatic carbocycles. The average Bonchev–Trinajstić information content (AvgIpc) is 3.22. The van der Waals surface area contributed by atoms with E-state index < -0.39 is 0 Å². The lowest BCUT2D eigenvalue weighted by atomic mass is 9.96. The summed E-state index contributed by atoms with van der Waals surface area (Å²) in [6.45, 7) is 4.31. The van der Waals surface area contributed by atoms with E-state index >= 15 is 0 Å². The number of nitrogens with one attached hydrogen (secondary N) is 1. The van der Waals surface area contributed by atoms with Gasteiger partial charge in [-0.15, -0.1) is 0 Å². The molecule has 1 amide bonds. The number of hydrogen-bond acceptors (Lipinski definition) is 1. The number of aromatic nitrogens is 1. The van der Waals surface area contributed by atoms with Crippen LogP contribution in [0.1, 0.15) is 44.7 Å². The van der Waals surface area contributed by atoms with Gasteiger partial charge in [-0.05, 0) is 31.4 Å². The van der Waals surface area contributed by atoms with Crippen molar-refractivity contribution in [2.45, 2.75) is 45.2 Å². The maximum absolute atomic E-state index is 12.6. The Morgan fingerprint density at radius 2 is 1.84 bits per heavy atom. The highest BCUT2D eigenvalue weighted by Crippen LogP contribution is 2.43. The molecule has 0 aliphatic carbocycles. The SMILES string of the molecule is CC[C@@H](C)N1C(=O)CC[C@H]1c1c(-c2ccccc2)[nH]c2ccccc12. The number of likely N-dealkylation sites (tertiary alicyclic amines) is 1. The standard InChI is InChI=1S/C22H24N2O/c1-3-15(2)24-19(13-14-20(24)25)21-17-11-7-8-12-18(17)23-22(21)16-9-5-4-6-10-16/h4-12,15,19,23H,3,13-14H2,1-2H3/t15-,19+/m1/s1. The summed E-state index contributed by atoms with van der Waals surface area (Å²) in [6.07, 6.45) is 2.51. The third-order valence-corrected chi connectivity index (χ3v) is 5.46. The van der Waals surface area contributed by atoms with Gasteiger partial charge in [0.15, 0.2) is 0 Å². The molecule has 1 aliphatic heterocycles. The molecule has 0 unspecified atom stereocenters. The van der Waals surface area contributed by atoms with Crippen LogP contribution >= 0.6 is 0 Å². The van der Waals surface area contributed by atoms with Crippen LogP contribution in [0.3, 0.4) is 0 Å². The van der Waals surface area contributed by atoms with Crippen molar-refractivity contribution in [1.29, 1.82) is 0 Å². The predicted molar refractivity (Wildman–Crippen MR) is 102 cm³/mol. The van der Waals surface area contributed by atoms with E-state index in [2.05, 4.69) is 72.3 Å². The number of carbonyl (C=O) groups excluding carboxylic acids is 1. The number of para-hydroxylation sites is 1. The fourth-order valence-corrected chi connectivity index (χ4v) is 4.08. The van der Waals surface area contributed by atoms with Crippen molar-refractivity contribution in [3.05, 3.63) is 60.2 Å². The molecular formula is C22H24N2O. The molecule has 0 radical (unpaired) electrons. The normalized spacial score (nSPS) is 18.9. The highest BCUT2D eigenvalue weighted by Gasteiger charge is 2.37. The number of amides is 1. The quantitative estimate of drug-likeness (QED) is 0.691. The van der Waals surface area contributed by atoms with Crippen LogP contribution < -0.4 is 0 Å². The van der Waals surface area contributed by atoms with Crippen LogP contribution in [0.15, 0.2) is 54.6 Å². The van der Waals surface area contributed by atoms with E-state index in [1.807, 2.05) is 6.07 Å². The van der Waals surface area contributed by atoms with Crippen LogP contribution in [-0.4, -0.2) is 21.8 Å². The summed E-state index contributed by atoms with van der Waals surface area (Å²) < 4.78 is 0. The number of hydrogen-bond donors (Lipinski definition) is 1. The fourth-order valence-electron chi connectivity index (χ4n) is 4.08. The van der Waals surface area contributed by atoms with Gasteiger partial charge in [0.2, 0.25) is 5.91 Å². The first-order valence-corrected chi connectivity index (χ1v) is 9.18. The molecule has 4 rings (SSSR count). The molecule has 2 atom stereocenters. The van der Waals surface area contributed by atoms with E-state index in [0.717, 1.165) is 24.1 Å². The van der Waals surface area contributed by atoms with Gasteiger partial charge in [-0.2, -0.15) is 0 Å². The molecule has 0 bridgehead atoms. The Kier molecular flexibility index (Phi) is 4.08. The lowest BCUT2D eigenvalue weighted by Gasteiger charge is -2.31. The highest BCUT2D eigenvalue weighted by molar-refractivity contribution is 5.92. The topological polar surface area (TPSA) is 36.1 Å². The van der Waals surface area contributed by atoms with Crippen LogP contribution in [0, 0.1) is 0 Å². The van der Waals surface area contributed by atoms with Crippen LogP contribution in [0.2, 0.25) is 0 Å². The van der Waals surface area contributed by atoms with Crippen molar-refractivity contribution in [3.8, 4) is 11.3 Å². The molecular weight excluding hydrogens is 308 g/mol. The summed E-state index contributed by atoms with van der Waals surface area (Å²) in [5.74, 6) is 0.281. The van der Waals surface area contributed by atoms with Crippen LogP contribution in [0.5, 0.6) is 0 Å². The second-order valence-electron chi connectivity index (χ2n) is 6.94. The Balaban J connectivity index is 1.92. The molecule has 1 N–H and O–H groups in total. The summed E-state index contributed by atoms with van der Waals surface area (Å²) in [5, 5.41) is 1.23. The van der Waals surface area contributed by atoms with E-state index in [-0.39, 0.29) is 18.0 Å². The van der Waals surface area contributed by atoms with Crippen molar-refractivity contribution >= 4 is 16.8 Å². The summed E-state index contributed by atoms with van der Waals surface area (Å²) in [7, 11) is 0. The van der Waals surface area contributed by atoms with Crippen LogP contribution in [0.4, 0.5) is 0 Å². The lowest BCUT2D eigenvalue weighted by molar-refractivity contribution is -0.131. The van der Waals surface area contributed by atoms with Gasteiger partial charge in [0.1, 0.15) is 0 Å². The van der Waals surface area contributed by atoms with Gasteiger partial charge in [-0.25, -0.2) is 0 Å². The van der Waals surface area contributed by atoms with E-state index in [1.54, 1.807) is 0 Å². The zero-order valence-corrected chi connectivity index (χ0v) is 14.8. The zero-order valence-electron chi connectivity index (χ0n) is 14.8. The second kappa shape index (κ2) is 6.40. The number of benzene rings is 2. The van der Waals surface area contributed by atoms with E-state index in [4.69, 9.17) is 0 Å². The molecule has 1 fully saturated rings. The van der Waals surface area contributed by atoms with Gasteiger partial charge < -0.3 is 9.88 Å². The van der Waals surface area contributed by atoms with Gasteiger partial charge in [0.05, 0.1) is 11.7 Å². The molecule has 3 aromatic rings. The number of carbonyl (C=O) groups is 1. The molecule has 3 nitrogen and oxygen atoms in total. The first kappa shape index (κ1) is 15.9. The minimum Gasteiger partial charge on any atom is -0.354 e. The van der Waals surface area contributed by atoms with Crippen molar-refractivity contribution in [2.24, 2.45) is 0 Å². The molecule has 0 spiro atoms. The Morgan fingerprint density at radius 3 is 2.60 bits per heavy atom. The maximum Gasteiger partial charge on any atom is 0.223 e. The maximum atomic E-state index is 12.6. The molecule has 3 heteroatoms. The second-order valence-corrected chi connectivity index (χ2v) is 6.94. The number of aromatic amines is 1. The van der Waals surface area contributed by atoms with Crippen molar-refractivity contribution < 1.29 is 4.79 Å². The Morgan fingerprint density at radius 1 is 1.12 bits per heavy atom.